The number of halogens is 3. The molecule has 8 heteroatoms. The van der Waals surface area contributed by atoms with Crippen LogP contribution in [-0.2, 0) is 6.61 Å². The Morgan fingerprint density at radius 1 is 1.16 bits per heavy atom. The Balaban J connectivity index is 2.29. The Kier molecular flexibility index (Phi) is 4.54. The Morgan fingerprint density at radius 2 is 1.79 bits per heavy atom. The minimum absolute atomic E-state index is 0.0130. The molecular formula is C11H7Cl2IN2O3. The van der Waals surface area contributed by atoms with Gasteiger partial charge in [-0.3, -0.25) is 9.78 Å². The van der Waals surface area contributed by atoms with Crippen LogP contribution in [0, 0.1) is 3.57 Å². The zero-order chi connectivity index (χ0) is 14.0. The first-order valence-corrected chi connectivity index (χ1v) is 6.90. The first-order chi connectivity index (χ1) is 8.99. The van der Waals surface area contributed by atoms with Gasteiger partial charge in [-0.25, -0.2) is 4.79 Å². The molecule has 0 aliphatic carbocycles. The fourth-order valence-electron chi connectivity index (χ4n) is 1.38. The summed E-state index contributed by atoms with van der Waals surface area (Å²) in [7, 11) is 0. The highest BCUT2D eigenvalue weighted by Gasteiger charge is 2.10. The van der Waals surface area contributed by atoms with Crippen LogP contribution in [0.5, 0.6) is 5.75 Å². The molecule has 0 amide bonds. The lowest BCUT2D eigenvalue weighted by molar-refractivity contribution is 0.300. The van der Waals surface area contributed by atoms with Crippen LogP contribution in [0.25, 0.3) is 0 Å². The highest BCUT2D eigenvalue weighted by molar-refractivity contribution is 14.1. The number of ether oxygens (including phenoxy) is 1. The van der Waals surface area contributed by atoms with Crippen molar-refractivity contribution in [3.63, 3.8) is 0 Å². The average molecular weight is 413 g/mol. The van der Waals surface area contributed by atoms with E-state index in [4.69, 9.17) is 27.9 Å². The lowest BCUT2D eigenvalue weighted by Gasteiger charge is -2.10. The molecule has 0 saturated carbocycles. The molecule has 100 valence electrons. The van der Waals surface area contributed by atoms with Crippen molar-refractivity contribution in [1.82, 2.24) is 9.97 Å². The molecule has 2 aromatic rings. The van der Waals surface area contributed by atoms with Gasteiger partial charge in [-0.15, -0.1) is 0 Å². The molecule has 2 rings (SSSR count). The minimum Gasteiger partial charge on any atom is -0.484 e. The third-order valence-electron chi connectivity index (χ3n) is 2.24. The number of hydrogen-bond acceptors (Lipinski definition) is 3. The van der Waals surface area contributed by atoms with E-state index >= 15 is 0 Å². The van der Waals surface area contributed by atoms with Gasteiger partial charge in [0.25, 0.3) is 5.56 Å². The molecular weight excluding hydrogens is 406 g/mol. The van der Waals surface area contributed by atoms with Crippen molar-refractivity contribution in [1.29, 1.82) is 0 Å². The van der Waals surface area contributed by atoms with E-state index < -0.39 is 11.2 Å². The number of H-pyrrole nitrogens is 2. The monoisotopic (exact) mass is 412 g/mol. The first-order valence-electron chi connectivity index (χ1n) is 5.07. The van der Waals surface area contributed by atoms with Gasteiger partial charge in [-0.05, 0) is 34.7 Å². The molecule has 2 N–H and O–H groups in total. The summed E-state index contributed by atoms with van der Waals surface area (Å²) in [4.78, 5) is 27.2. The second kappa shape index (κ2) is 5.98. The number of nitrogens with one attached hydrogen (secondary N) is 2. The molecule has 0 aliphatic heterocycles. The van der Waals surface area contributed by atoms with E-state index in [-0.39, 0.29) is 6.61 Å². The van der Waals surface area contributed by atoms with E-state index in [0.717, 1.165) is 0 Å². The maximum absolute atomic E-state index is 11.4. The predicted molar refractivity (Wildman–Crippen MR) is 81.2 cm³/mol. The lowest BCUT2D eigenvalue weighted by atomic mass is 10.3. The molecule has 1 heterocycles. The maximum Gasteiger partial charge on any atom is 0.326 e. The molecule has 1 aromatic heterocycles. The van der Waals surface area contributed by atoms with Gasteiger partial charge in [-0.1, -0.05) is 29.3 Å². The van der Waals surface area contributed by atoms with Crippen LogP contribution in [0.4, 0.5) is 0 Å². The third kappa shape index (κ3) is 3.31. The van der Waals surface area contributed by atoms with Gasteiger partial charge in [0.2, 0.25) is 0 Å². The summed E-state index contributed by atoms with van der Waals surface area (Å²) in [5.74, 6) is 0.308. The van der Waals surface area contributed by atoms with Gasteiger partial charge in [0, 0.05) is 0 Å². The SMILES string of the molecule is O=c1[nH]c(COc2c(Cl)cccc2Cl)c(I)c(=O)[nH]1. The zero-order valence-corrected chi connectivity index (χ0v) is 13.0. The highest BCUT2D eigenvalue weighted by atomic mass is 127. The molecule has 0 unspecified atom stereocenters. The molecule has 0 spiro atoms. The first kappa shape index (κ1) is 14.4. The van der Waals surface area contributed by atoms with Gasteiger partial charge in [-0.2, -0.15) is 0 Å². The van der Waals surface area contributed by atoms with Crippen LogP contribution >= 0.6 is 45.8 Å². The van der Waals surface area contributed by atoms with E-state index in [2.05, 4.69) is 9.97 Å². The molecule has 1 aromatic carbocycles. The molecule has 0 fully saturated rings. The van der Waals surface area contributed by atoms with Gasteiger partial charge >= 0.3 is 5.69 Å². The van der Waals surface area contributed by atoms with E-state index in [0.29, 0.717) is 25.1 Å². The van der Waals surface area contributed by atoms with Crippen LogP contribution < -0.4 is 16.0 Å². The van der Waals surface area contributed by atoms with Crippen molar-refractivity contribution in [2.75, 3.05) is 0 Å². The van der Waals surface area contributed by atoms with Crippen molar-refractivity contribution >= 4 is 45.8 Å². The highest BCUT2D eigenvalue weighted by Crippen LogP contribution is 2.32. The summed E-state index contributed by atoms with van der Waals surface area (Å²) in [6, 6.07) is 4.96. The van der Waals surface area contributed by atoms with Crippen LogP contribution in [0.2, 0.25) is 10.0 Å². The van der Waals surface area contributed by atoms with Crippen LogP contribution in [0.3, 0.4) is 0 Å². The number of rotatable bonds is 3. The Labute approximate surface area is 131 Å². The number of aromatic amines is 2. The Morgan fingerprint density at radius 3 is 2.42 bits per heavy atom. The van der Waals surface area contributed by atoms with E-state index in [1.807, 2.05) is 22.6 Å². The third-order valence-corrected chi connectivity index (χ3v) is 3.97. The fraction of sp³-hybridized carbons (Fsp3) is 0.0909. The second-order valence-electron chi connectivity index (χ2n) is 3.54. The lowest BCUT2D eigenvalue weighted by Crippen LogP contribution is -2.27. The van der Waals surface area contributed by atoms with Crippen molar-refractivity contribution in [2.24, 2.45) is 0 Å². The fourth-order valence-corrected chi connectivity index (χ4v) is 2.31. The van der Waals surface area contributed by atoms with Crippen molar-refractivity contribution in [3.8, 4) is 5.75 Å². The zero-order valence-electron chi connectivity index (χ0n) is 9.30. The van der Waals surface area contributed by atoms with Crippen molar-refractivity contribution in [3.05, 3.63) is 58.3 Å². The molecule has 5 nitrogen and oxygen atoms in total. The molecule has 0 bridgehead atoms. The molecule has 19 heavy (non-hydrogen) atoms. The van der Waals surface area contributed by atoms with E-state index in [1.165, 1.54) is 0 Å². The number of benzene rings is 1. The summed E-state index contributed by atoms with van der Waals surface area (Å²) < 4.78 is 5.80. The summed E-state index contributed by atoms with van der Waals surface area (Å²) in [5, 5.41) is 0.712. The molecule has 0 saturated heterocycles. The number of aromatic nitrogens is 2. The standard InChI is InChI=1S/C11H7Cl2IN2O3/c12-5-2-1-3-6(13)9(5)19-4-7-8(14)10(17)16-11(18)15-7/h1-3H,4H2,(H2,15,16,17,18). The Hall–Kier alpha value is -0.990. The second-order valence-corrected chi connectivity index (χ2v) is 5.43. The molecule has 0 atom stereocenters. The summed E-state index contributed by atoms with van der Waals surface area (Å²) >= 11 is 13.7. The topological polar surface area (TPSA) is 75.0 Å². The normalized spacial score (nSPS) is 10.5. The summed E-state index contributed by atoms with van der Waals surface area (Å²) in [6.45, 7) is -0.0130. The summed E-state index contributed by atoms with van der Waals surface area (Å²) in [6.07, 6.45) is 0. The minimum atomic E-state index is -0.589. The predicted octanol–water partition coefficient (Wildman–Crippen LogP) is 2.55. The van der Waals surface area contributed by atoms with Crippen LogP contribution in [0.1, 0.15) is 5.69 Å². The van der Waals surface area contributed by atoms with Crippen LogP contribution in [-0.4, -0.2) is 9.97 Å². The Bertz CT molecular complexity index is 706. The van der Waals surface area contributed by atoms with Gasteiger partial charge in [0.15, 0.2) is 5.75 Å². The number of hydrogen-bond donors (Lipinski definition) is 2. The summed E-state index contributed by atoms with van der Waals surface area (Å²) in [5.41, 5.74) is -0.687. The van der Waals surface area contributed by atoms with Crippen molar-refractivity contribution in [2.45, 2.75) is 6.61 Å². The van der Waals surface area contributed by atoms with Gasteiger partial charge < -0.3 is 9.72 Å². The van der Waals surface area contributed by atoms with E-state index in [9.17, 15) is 9.59 Å². The van der Waals surface area contributed by atoms with E-state index in [1.54, 1.807) is 18.2 Å². The smallest absolute Gasteiger partial charge is 0.326 e. The molecule has 0 radical (unpaired) electrons. The van der Waals surface area contributed by atoms with Crippen LogP contribution in [0.15, 0.2) is 27.8 Å². The largest absolute Gasteiger partial charge is 0.484 e. The van der Waals surface area contributed by atoms with Gasteiger partial charge in [0.05, 0.1) is 15.7 Å². The van der Waals surface area contributed by atoms with Crippen molar-refractivity contribution < 1.29 is 4.74 Å². The molecule has 0 aliphatic rings. The average Bonchev–Trinajstić information content (AvgIpc) is 2.34. The number of para-hydroxylation sites is 1. The van der Waals surface area contributed by atoms with Gasteiger partial charge in [0.1, 0.15) is 10.2 Å². The maximum atomic E-state index is 11.4. The quantitative estimate of drug-likeness (QED) is 0.760.